The molecule has 136 valence electrons. The summed E-state index contributed by atoms with van der Waals surface area (Å²) >= 11 is 0. The number of aliphatic hydroxyl groups is 1. The van der Waals surface area contributed by atoms with Crippen LogP contribution in [0, 0.1) is 0 Å². The van der Waals surface area contributed by atoms with Crippen LogP contribution in [0.3, 0.4) is 0 Å². The number of anilines is 1. The van der Waals surface area contributed by atoms with Crippen LogP contribution >= 0.6 is 0 Å². The predicted molar refractivity (Wildman–Crippen MR) is 87.6 cm³/mol. The minimum Gasteiger partial charge on any atom is -0.383 e. The quantitative estimate of drug-likeness (QED) is 0.679. The van der Waals surface area contributed by atoms with Gasteiger partial charge in [0.1, 0.15) is 5.60 Å². The molecule has 25 heavy (non-hydrogen) atoms. The smallest absolute Gasteiger partial charge is 0.293 e. The van der Waals surface area contributed by atoms with Gasteiger partial charge in [-0.1, -0.05) is 6.58 Å². The van der Waals surface area contributed by atoms with Gasteiger partial charge >= 0.3 is 0 Å². The number of halogens is 2. The fourth-order valence-electron chi connectivity index (χ4n) is 2.43. The van der Waals surface area contributed by atoms with Gasteiger partial charge in [-0.2, -0.15) is 0 Å². The Morgan fingerprint density at radius 2 is 1.88 bits per heavy atom. The zero-order valence-corrected chi connectivity index (χ0v) is 13.6. The van der Waals surface area contributed by atoms with Crippen molar-refractivity contribution in [2.24, 2.45) is 0 Å². The number of hydrogen-bond acceptors (Lipinski definition) is 4. The third-order valence-electron chi connectivity index (χ3n) is 4.07. The van der Waals surface area contributed by atoms with Crippen molar-refractivity contribution in [3.8, 4) is 0 Å². The average Bonchev–Trinajstić information content (AvgIpc) is 2.60. The van der Waals surface area contributed by atoms with Crippen LogP contribution in [0.5, 0.6) is 0 Å². The van der Waals surface area contributed by atoms with Crippen LogP contribution in [-0.2, 0) is 9.53 Å². The second-order valence-electron chi connectivity index (χ2n) is 5.80. The molecule has 1 heterocycles. The van der Waals surface area contributed by atoms with E-state index < -0.39 is 29.9 Å². The van der Waals surface area contributed by atoms with Crippen molar-refractivity contribution in [3.63, 3.8) is 0 Å². The standard InChI is InChI=1S/C17H20F2N2O4/c1-2-14(22)21-13-5-3-12(4-6-13)15(23)20-11-17(18,19)16(24)7-9-25-10-8-16/h2-6,24H,1,7-11H2,(H,20,23)(H,21,22). The van der Waals surface area contributed by atoms with E-state index in [2.05, 4.69) is 17.2 Å². The Labute approximate surface area is 143 Å². The maximum atomic E-state index is 14.2. The molecule has 1 aromatic carbocycles. The van der Waals surface area contributed by atoms with Crippen LogP contribution < -0.4 is 10.6 Å². The number of amides is 2. The second kappa shape index (κ2) is 7.71. The lowest BCUT2D eigenvalue weighted by atomic mass is 9.87. The first-order chi connectivity index (χ1) is 11.8. The van der Waals surface area contributed by atoms with E-state index >= 15 is 0 Å². The number of nitrogens with one attached hydrogen (secondary N) is 2. The number of ether oxygens (including phenoxy) is 1. The topological polar surface area (TPSA) is 87.7 Å². The molecule has 2 rings (SSSR count). The zero-order chi connectivity index (χ0) is 18.5. The molecule has 0 aliphatic carbocycles. The Hall–Kier alpha value is -2.32. The van der Waals surface area contributed by atoms with E-state index in [-0.39, 0.29) is 31.6 Å². The highest BCUT2D eigenvalue weighted by atomic mass is 19.3. The van der Waals surface area contributed by atoms with Gasteiger partial charge in [-0.3, -0.25) is 9.59 Å². The summed E-state index contributed by atoms with van der Waals surface area (Å²) in [6, 6.07) is 5.74. The van der Waals surface area contributed by atoms with Gasteiger partial charge in [-0.05, 0) is 30.3 Å². The minimum atomic E-state index is -3.47. The average molecular weight is 354 g/mol. The molecule has 0 aromatic heterocycles. The molecule has 1 aromatic rings. The molecular formula is C17H20F2N2O4. The highest BCUT2D eigenvalue weighted by Gasteiger charge is 2.53. The summed E-state index contributed by atoms with van der Waals surface area (Å²) in [6.07, 6.45) is 0.727. The fraction of sp³-hybridized carbons (Fsp3) is 0.412. The first kappa shape index (κ1) is 19.0. The van der Waals surface area contributed by atoms with E-state index in [1.807, 2.05) is 0 Å². The van der Waals surface area contributed by atoms with Crippen LogP contribution in [-0.4, -0.2) is 48.2 Å². The summed E-state index contributed by atoms with van der Waals surface area (Å²) in [5, 5.41) is 14.7. The molecule has 8 heteroatoms. The second-order valence-corrected chi connectivity index (χ2v) is 5.80. The maximum Gasteiger partial charge on any atom is 0.293 e. The van der Waals surface area contributed by atoms with E-state index in [1.54, 1.807) is 0 Å². The van der Waals surface area contributed by atoms with E-state index in [0.717, 1.165) is 6.08 Å². The maximum absolute atomic E-state index is 14.2. The highest BCUT2D eigenvalue weighted by Crippen LogP contribution is 2.36. The molecule has 0 radical (unpaired) electrons. The predicted octanol–water partition coefficient (Wildman–Crippen LogP) is 1.72. The molecule has 2 amide bonds. The number of hydrogen-bond donors (Lipinski definition) is 3. The van der Waals surface area contributed by atoms with Gasteiger partial charge in [-0.25, -0.2) is 8.78 Å². The number of carbonyl (C=O) groups is 2. The molecule has 1 saturated heterocycles. The zero-order valence-electron chi connectivity index (χ0n) is 13.6. The van der Waals surface area contributed by atoms with Gasteiger partial charge in [0.25, 0.3) is 11.8 Å². The molecule has 6 nitrogen and oxygen atoms in total. The van der Waals surface area contributed by atoms with Crippen LogP contribution in [0.25, 0.3) is 0 Å². The van der Waals surface area contributed by atoms with Crippen molar-refractivity contribution in [1.29, 1.82) is 0 Å². The summed E-state index contributed by atoms with van der Waals surface area (Å²) < 4.78 is 33.5. The van der Waals surface area contributed by atoms with Gasteiger partial charge in [0.15, 0.2) is 0 Å². The molecule has 0 bridgehead atoms. The first-order valence-electron chi connectivity index (χ1n) is 7.77. The van der Waals surface area contributed by atoms with Gasteiger partial charge < -0.3 is 20.5 Å². The van der Waals surface area contributed by atoms with Crippen LogP contribution in [0.15, 0.2) is 36.9 Å². The molecule has 0 atom stereocenters. The van der Waals surface area contributed by atoms with Crippen molar-refractivity contribution in [3.05, 3.63) is 42.5 Å². The Morgan fingerprint density at radius 3 is 2.44 bits per heavy atom. The normalized spacial score (nSPS) is 16.8. The lowest BCUT2D eigenvalue weighted by Gasteiger charge is -2.38. The summed E-state index contributed by atoms with van der Waals surface area (Å²) in [4.78, 5) is 23.2. The Bertz CT molecular complexity index is 641. The largest absolute Gasteiger partial charge is 0.383 e. The number of rotatable bonds is 6. The molecule has 1 aliphatic rings. The van der Waals surface area contributed by atoms with E-state index in [4.69, 9.17) is 4.74 Å². The molecule has 0 spiro atoms. The van der Waals surface area contributed by atoms with Crippen molar-refractivity contribution < 1.29 is 28.2 Å². The number of alkyl halides is 2. The van der Waals surface area contributed by atoms with Crippen LogP contribution in [0.1, 0.15) is 23.2 Å². The third kappa shape index (κ3) is 4.61. The van der Waals surface area contributed by atoms with Crippen molar-refractivity contribution >= 4 is 17.5 Å². The fourth-order valence-corrected chi connectivity index (χ4v) is 2.43. The van der Waals surface area contributed by atoms with E-state index in [0.29, 0.717) is 5.69 Å². The number of carbonyl (C=O) groups excluding carboxylic acids is 2. The van der Waals surface area contributed by atoms with Crippen LogP contribution in [0.4, 0.5) is 14.5 Å². The summed E-state index contributed by atoms with van der Waals surface area (Å²) in [5.41, 5.74) is -1.58. The summed E-state index contributed by atoms with van der Waals surface area (Å²) in [7, 11) is 0. The lowest BCUT2D eigenvalue weighted by Crippen LogP contribution is -2.56. The third-order valence-corrected chi connectivity index (χ3v) is 4.07. The highest BCUT2D eigenvalue weighted by molar-refractivity contribution is 5.99. The minimum absolute atomic E-state index is 0.0535. The monoisotopic (exact) mass is 354 g/mol. The number of benzene rings is 1. The molecule has 0 saturated carbocycles. The SMILES string of the molecule is C=CC(=O)Nc1ccc(C(=O)NCC(F)(F)C2(O)CCOCC2)cc1. The van der Waals surface area contributed by atoms with Crippen molar-refractivity contribution in [1.82, 2.24) is 5.32 Å². The van der Waals surface area contributed by atoms with Gasteiger partial charge in [0.2, 0.25) is 5.91 Å². The molecular weight excluding hydrogens is 334 g/mol. The Morgan fingerprint density at radius 1 is 1.28 bits per heavy atom. The molecule has 3 N–H and O–H groups in total. The first-order valence-corrected chi connectivity index (χ1v) is 7.77. The van der Waals surface area contributed by atoms with E-state index in [1.165, 1.54) is 24.3 Å². The molecule has 1 fully saturated rings. The molecule has 0 unspecified atom stereocenters. The van der Waals surface area contributed by atoms with Gasteiger partial charge in [0, 0.05) is 37.3 Å². The lowest BCUT2D eigenvalue weighted by molar-refractivity contribution is -0.209. The van der Waals surface area contributed by atoms with Gasteiger partial charge in [-0.15, -0.1) is 0 Å². The van der Waals surface area contributed by atoms with Crippen LogP contribution in [0.2, 0.25) is 0 Å². The molecule has 1 aliphatic heterocycles. The van der Waals surface area contributed by atoms with Crippen molar-refractivity contribution in [2.75, 3.05) is 25.1 Å². The van der Waals surface area contributed by atoms with E-state index in [9.17, 15) is 23.5 Å². The Kier molecular flexibility index (Phi) is 5.86. The summed E-state index contributed by atoms with van der Waals surface area (Å²) in [6.45, 7) is 2.45. The Balaban J connectivity index is 1.95. The van der Waals surface area contributed by atoms with Crippen molar-refractivity contribution in [2.45, 2.75) is 24.4 Å². The van der Waals surface area contributed by atoms with Gasteiger partial charge in [0.05, 0.1) is 6.54 Å². The summed E-state index contributed by atoms with van der Waals surface area (Å²) in [5.74, 6) is -4.57.